The van der Waals surface area contributed by atoms with Crippen molar-refractivity contribution in [3.8, 4) is 5.75 Å². The van der Waals surface area contributed by atoms with E-state index in [0.717, 1.165) is 12.8 Å². The van der Waals surface area contributed by atoms with Gasteiger partial charge in [-0.3, -0.25) is 0 Å². The molecule has 0 unspecified atom stereocenters. The lowest BCUT2D eigenvalue weighted by Gasteiger charge is -2.01. The van der Waals surface area contributed by atoms with Crippen LogP contribution in [0.3, 0.4) is 0 Å². The number of methoxy groups -OCH3 is 1. The molecule has 0 aliphatic heterocycles. The van der Waals surface area contributed by atoms with Crippen LogP contribution in [0.5, 0.6) is 5.75 Å². The number of carbonyl (C=O) groups is 1. The van der Waals surface area contributed by atoms with Gasteiger partial charge >= 0.3 is 5.97 Å². The fraction of sp³-hybridized carbons (Fsp3) is 0.333. The van der Waals surface area contributed by atoms with Gasteiger partial charge in [-0.1, -0.05) is 0 Å². The Morgan fingerprint density at radius 2 is 2.29 bits per heavy atom. The van der Waals surface area contributed by atoms with Gasteiger partial charge in [-0.15, -0.1) is 0 Å². The molecule has 17 heavy (non-hydrogen) atoms. The van der Waals surface area contributed by atoms with Gasteiger partial charge in [0.2, 0.25) is 0 Å². The number of nitrogens with zero attached hydrogens (tertiary/aromatic N) is 1. The van der Waals surface area contributed by atoms with Gasteiger partial charge < -0.3 is 14.3 Å². The van der Waals surface area contributed by atoms with E-state index in [4.69, 9.17) is 14.3 Å². The van der Waals surface area contributed by atoms with Crippen LogP contribution in [0, 0.1) is 0 Å². The number of carboxylic acid groups (broad SMARTS) is 1. The predicted molar refractivity (Wildman–Crippen MR) is 59.5 cm³/mol. The first-order chi connectivity index (χ1) is 8.19. The lowest BCUT2D eigenvalue weighted by Crippen LogP contribution is -1.97. The van der Waals surface area contributed by atoms with Crippen molar-refractivity contribution in [2.45, 2.75) is 18.8 Å². The first-order valence-corrected chi connectivity index (χ1v) is 5.41. The first kappa shape index (κ1) is 10.1. The molecule has 0 bridgehead atoms. The van der Waals surface area contributed by atoms with E-state index in [0.29, 0.717) is 28.7 Å². The number of aromatic nitrogens is 1. The molecule has 1 aromatic carbocycles. The molecule has 1 aliphatic rings. The fourth-order valence-corrected chi connectivity index (χ4v) is 1.80. The maximum absolute atomic E-state index is 11.0. The number of rotatable bonds is 3. The molecule has 1 heterocycles. The summed E-state index contributed by atoms with van der Waals surface area (Å²) >= 11 is 0. The topological polar surface area (TPSA) is 72.6 Å². The van der Waals surface area contributed by atoms with Crippen molar-refractivity contribution >= 4 is 17.1 Å². The number of hydrogen-bond donors (Lipinski definition) is 1. The van der Waals surface area contributed by atoms with Gasteiger partial charge in [0.15, 0.2) is 17.2 Å². The van der Waals surface area contributed by atoms with E-state index in [1.807, 2.05) is 0 Å². The van der Waals surface area contributed by atoms with E-state index in [-0.39, 0.29) is 5.56 Å². The molecule has 1 aromatic heterocycles. The summed E-state index contributed by atoms with van der Waals surface area (Å²) in [6.07, 6.45) is 2.17. The number of hydrogen-bond acceptors (Lipinski definition) is 4. The average Bonchev–Trinajstić information content (AvgIpc) is 3.07. The zero-order valence-electron chi connectivity index (χ0n) is 9.27. The molecule has 0 amide bonds. The summed E-state index contributed by atoms with van der Waals surface area (Å²) in [5.41, 5.74) is 1.23. The molecule has 1 saturated carbocycles. The second kappa shape index (κ2) is 3.48. The first-order valence-electron chi connectivity index (χ1n) is 5.41. The summed E-state index contributed by atoms with van der Waals surface area (Å²) in [6.45, 7) is 0. The summed E-state index contributed by atoms with van der Waals surface area (Å²) in [4.78, 5) is 15.3. The summed E-state index contributed by atoms with van der Waals surface area (Å²) < 4.78 is 10.8. The third kappa shape index (κ3) is 1.63. The third-order valence-electron chi connectivity index (χ3n) is 2.87. The van der Waals surface area contributed by atoms with Crippen LogP contribution < -0.4 is 4.74 Å². The molecule has 5 heteroatoms. The SMILES string of the molecule is COc1cc(C(=O)O)cc2nc(C3CC3)oc12. The largest absolute Gasteiger partial charge is 0.493 e. The monoisotopic (exact) mass is 233 g/mol. The van der Waals surface area contributed by atoms with Crippen LogP contribution in [-0.4, -0.2) is 23.2 Å². The molecule has 2 aromatic rings. The molecule has 1 aliphatic carbocycles. The van der Waals surface area contributed by atoms with Gasteiger partial charge in [-0.25, -0.2) is 9.78 Å². The van der Waals surface area contributed by atoms with Gasteiger partial charge in [0.25, 0.3) is 0 Å². The smallest absolute Gasteiger partial charge is 0.335 e. The minimum atomic E-state index is -0.999. The molecule has 0 radical (unpaired) electrons. The number of carboxylic acids is 1. The Morgan fingerprint density at radius 3 is 2.88 bits per heavy atom. The molecule has 0 atom stereocenters. The summed E-state index contributed by atoms with van der Waals surface area (Å²) in [5.74, 6) is 0.488. The molecule has 0 saturated heterocycles. The highest BCUT2D eigenvalue weighted by Gasteiger charge is 2.29. The fourth-order valence-electron chi connectivity index (χ4n) is 1.80. The standard InChI is InChI=1S/C12H11NO4/c1-16-9-5-7(12(14)15)4-8-10(9)17-11(13-8)6-2-3-6/h4-6H,2-3H2,1H3,(H,14,15). The Morgan fingerprint density at radius 1 is 1.53 bits per heavy atom. The van der Waals surface area contributed by atoms with Gasteiger partial charge in [0.05, 0.1) is 12.7 Å². The van der Waals surface area contributed by atoms with Gasteiger partial charge in [-0.05, 0) is 25.0 Å². The van der Waals surface area contributed by atoms with Crippen molar-refractivity contribution in [2.75, 3.05) is 7.11 Å². The Bertz CT molecular complexity index is 598. The van der Waals surface area contributed by atoms with E-state index in [1.165, 1.54) is 19.2 Å². The highest BCUT2D eigenvalue weighted by Crippen LogP contribution is 2.42. The van der Waals surface area contributed by atoms with Crippen molar-refractivity contribution in [2.24, 2.45) is 0 Å². The normalized spacial score (nSPS) is 15.1. The molecule has 1 fully saturated rings. The zero-order chi connectivity index (χ0) is 12.0. The molecule has 3 rings (SSSR count). The van der Waals surface area contributed by atoms with Gasteiger partial charge in [0.1, 0.15) is 5.52 Å². The summed E-state index contributed by atoms with van der Waals surface area (Å²) in [5, 5.41) is 8.98. The Kier molecular flexibility index (Phi) is 2.07. The summed E-state index contributed by atoms with van der Waals surface area (Å²) in [7, 11) is 1.49. The molecule has 88 valence electrons. The molecule has 0 spiro atoms. The van der Waals surface area contributed by atoms with E-state index in [2.05, 4.69) is 4.98 Å². The quantitative estimate of drug-likeness (QED) is 0.881. The highest BCUT2D eigenvalue weighted by atomic mass is 16.5. The van der Waals surface area contributed by atoms with E-state index < -0.39 is 5.97 Å². The minimum Gasteiger partial charge on any atom is -0.493 e. The minimum absolute atomic E-state index is 0.157. The highest BCUT2D eigenvalue weighted by molar-refractivity contribution is 5.94. The Labute approximate surface area is 97.0 Å². The van der Waals surface area contributed by atoms with Crippen molar-refractivity contribution in [1.82, 2.24) is 4.98 Å². The molecule has 5 nitrogen and oxygen atoms in total. The van der Waals surface area contributed by atoms with Crippen LogP contribution in [0.4, 0.5) is 0 Å². The second-order valence-electron chi connectivity index (χ2n) is 4.16. The van der Waals surface area contributed by atoms with Crippen molar-refractivity contribution < 1.29 is 19.1 Å². The van der Waals surface area contributed by atoms with Crippen LogP contribution in [0.2, 0.25) is 0 Å². The van der Waals surface area contributed by atoms with Crippen molar-refractivity contribution in [1.29, 1.82) is 0 Å². The Hall–Kier alpha value is -2.04. The van der Waals surface area contributed by atoms with E-state index >= 15 is 0 Å². The molecular formula is C12H11NO4. The van der Waals surface area contributed by atoms with Gasteiger partial charge in [-0.2, -0.15) is 0 Å². The van der Waals surface area contributed by atoms with E-state index in [9.17, 15) is 4.79 Å². The zero-order valence-corrected chi connectivity index (χ0v) is 9.27. The predicted octanol–water partition coefficient (Wildman–Crippen LogP) is 2.41. The number of fused-ring (bicyclic) bond motifs is 1. The number of aromatic carboxylic acids is 1. The maximum atomic E-state index is 11.0. The summed E-state index contributed by atoms with van der Waals surface area (Å²) in [6, 6.07) is 2.96. The lowest BCUT2D eigenvalue weighted by molar-refractivity contribution is 0.0696. The number of oxazole rings is 1. The lowest BCUT2D eigenvalue weighted by atomic mass is 10.2. The molecular weight excluding hydrogens is 222 g/mol. The van der Waals surface area contributed by atoms with Crippen LogP contribution in [0.25, 0.3) is 11.1 Å². The number of ether oxygens (including phenoxy) is 1. The number of benzene rings is 1. The van der Waals surface area contributed by atoms with Crippen LogP contribution >= 0.6 is 0 Å². The van der Waals surface area contributed by atoms with Crippen LogP contribution in [0.1, 0.15) is 35.0 Å². The average molecular weight is 233 g/mol. The van der Waals surface area contributed by atoms with Crippen LogP contribution in [-0.2, 0) is 0 Å². The van der Waals surface area contributed by atoms with Crippen molar-refractivity contribution in [3.63, 3.8) is 0 Å². The van der Waals surface area contributed by atoms with Gasteiger partial charge in [0, 0.05) is 5.92 Å². The van der Waals surface area contributed by atoms with E-state index in [1.54, 1.807) is 0 Å². The van der Waals surface area contributed by atoms with Crippen LogP contribution in [0.15, 0.2) is 16.5 Å². The third-order valence-corrected chi connectivity index (χ3v) is 2.87. The maximum Gasteiger partial charge on any atom is 0.335 e. The second-order valence-corrected chi connectivity index (χ2v) is 4.16. The Balaban J connectivity index is 2.21. The van der Waals surface area contributed by atoms with Crippen molar-refractivity contribution in [3.05, 3.63) is 23.6 Å². The molecule has 1 N–H and O–H groups in total.